The second-order valence-electron chi connectivity index (χ2n) is 3.07. The quantitative estimate of drug-likeness (QED) is 0.605. The molecule has 0 unspecified atom stereocenters. The first-order valence-corrected chi connectivity index (χ1v) is 5.28. The van der Waals surface area contributed by atoms with Crippen LogP contribution < -0.4 is 10.6 Å². The van der Waals surface area contributed by atoms with Crippen LogP contribution in [0.1, 0.15) is 10.4 Å². The van der Waals surface area contributed by atoms with Crippen LogP contribution in [-0.2, 0) is 4.74 Å². The van der Waals surface area contributed by atoms with Gasteiger partial charge >= 0.3 is 0 Å². The Morgan fingerprint density at radius 1 is 1.38 bits per heavy atom. The van der Waals surface area contributed by atoms with Crippen LogP contribution in [0.25, 0.3) is 0 Å². The average Bonchev–Trinajstić information content (AvgIpc) is 2.30. The van der Waals surface area contributed by atoms with Crippen molar-refractivity contribution in [1.29, 1.82) is 0 Å². The van der Waals surface area contributed by atoms with Gasteiger partial charge < -0.3 is 10.1 Å². The van der Waals surface area contributed by atoms with Crippen molar-refractivity contribution in [2.24, 2.45) is 0 Å². The molecular formula is C11H14N2O2S. The number of hydrogen-bond acceptors (Lipinski definition) is 3. The molecule has 0 radical (unpaired) electrons. The van der Waals surface area contributed by atoms with E-state index < -0.39 is 0 Å². The van der Waals surface area contributed by atoms with Crippen LogP contribution in [0.2, 0.25) is 0 Å². The van der Waals surface area contributed by atoms with E-state index in [1.54, 1.807) is 31.4 Å². The number of carbonyl (C=O) groups excluding carboxylic acids is 1. The van der Waals surface area contributed by atoms with Crippen molar-refractivity contribution in [2.75, 3.05) is 20.3 Å². The summed E-state index contributed by atoms with van der Waals surface area (Å²) in [5.41, 5.74) is 0.582. The fourth-order valence-electron chi connectivity index (χ4n) is 1.08. The molecule has 0 aliphatic heterocycles. The molecule has 0 fully saturated rings. The summed E-state index contributed by atoms with van der Waals surface area (Å²) in [6, 6.07) is 8.92. The summed E-state index contributed by atoms with van der Waals surface area (Å²) in [5, 5.41) is 5.75. The van der Waals surface area contributed by atoms with Gasteiger partial charge in [-0.1, -0.05) is 18.2 Å². The highest BCUT2D eigenvalue weighted by molar-refractivity contribution is 7.80. The maximum absolute atomic E-state index is 11.6. The van der Waals surface area contributed by atoms with Crippen LogP contribution >= 0.6 is 12.2 Å². The van der Waals surface area contributed by atoms with E-state index in [0.717, 1.165) is 0 Å². The lowest BCUT2D eigenvalue weighted by Gasteiger charge is -2.08. The monoisotopic (exact) mass is 238 g/mol. The summed E-state index contributed by atoms with van der Waals surface area (Å²) in [6.07, 6.45) is 0. The number of methoxy groups -OCH3 is 1. The molecule has 5 heteroatoms. The third-order valence-corrected chi connectivity index (χ3v) is 2.10. The number of amides is 1. The number of nitrogens with one attached hydrogen (secondary N) is 2. The van der Waals surface area contributed by atoms with E-state index in [2.05, 4.69) is 10.6 Å². The van der Waals surface area contributed by atoms with Gasteiger partial charge in [-0.25, -0.2) is 0 Å². The fourth-order valence-corrected chi connectivity index (χ4v) is 1.27. The second kappa shape index (κ2) is 6.92. The number of hydrogen-bond donors (Lipinski definition) is 2. The minimum Gasteiger partial charge on any atom is -0.383 e. The fraction of sp³-hybridized carbons (Fsp3) is 0.273. The largest absolute Gasteiger partial charge is 0.383 e. The maximum Gasteiger partial charge on any atom is 0.257 e. The van der Waals surface area contributed by atoms with Gasteiger partial charge in [-0.2, -0.15) is 0 Å². The summed E-state index contributed by atoms with van der Waals surface area (Å²) in [4.78, 5) is 11.6. The Kier molecular flexibility index (Phi) is 5.45. The van der Waals surface area contributed by atoms with Crippen molar-refractivity contribution in [3.05, 3.63) is 35.9 Å². The number of thiocarbonyl (C=S) groups is 1. The normalized spacial score (nSPS) is 9.56. The van der Waals surface area contributed by atoms with E-state index in [4.69, 9.17) is 17.0 Å². The molecule has 0 bridgehead atoms. The molecule has 0 atom stereocenters. The summed E-state index contributed by atoms with van der Waals surface area (Å²) in [5.74, 6) is -0.212. The van der Waals surface area contributed by atoms with Gasteiger partial charge in [0.25, 0.3) is 5.91 Å². The van der Waals surface area contributed by atoms with Gasteiger partial charge in [0, 0.05) is 19.2 Å². The van der Waals surface area contributed by atoms with E-state index in [0.29, 0.717) is 23.8 Å². The molecule has 2 N–H and O–H groups in total. The van der Waals surface area contributed by atoms with Gasteiger partial charge in [-0.15, -0.1) is 0 Å². The molecular weight excluding hydrogens is 224 g/mol. The Morgan fingerprint density at radius 2 is 2.06 bits per heavy atom. The van der Waals surface area contributed by atoms with Crippen molar-refractivity contribution in [1.82, 2.24) is 10.6 Å². The van der Waals surface area contributed by atoms with E-state index in [9.17, 15) is 4.79 Å². The molecule has 1 amide bonds. The van der Waals surface area contributed by atoms with Crippen molar-refractivity contribution in [2.45, 2.75) is 0 Å². The minimum atomic E-state index is -0.212. The Morgan fingerprint density at radius 3 is 2.69 bits per heavy atom. The number of rotatable bonds is 4. The zero-order valence-electron chi connectivity index (χ0n) is 9.03. The van der Waals surface area contributed by atoms with Crippen LogP contribution in [0.3, 0.4) is 0 Å². The summed E-state index contributed by atoms with van der Waals surface area (Å²) >= 11 is 4.94. The van der Waals surface area contributed by atoms with Gasteiger partial charge in [0.2, 0.25) is 0 Å². The molecule has 1 aromatic carbocycles. The van der Waals surface area contributed by atoms with Crippen LogP contribution in [0, 0.1) is 0 Å². The molecule has 0 saturated carbocycles. The molecule has 4 nitrogen and oxygen atoms in total. The van der Waals surface area contributed by atoms with Crippen molar-refractivity contribution in [3.8, 4) is 0 Å². The predicted octanol–water partition coefficient (Wildman–Crippen LogP) is 0.937. The first kappa shape index (κ1) is 12.6. The van der Waals surface area contributed by atoms with Gasteiger partial charge in [-0.3, -0.25) is 10.1 Å². The third-order valence-electron chi connectivity index (χ3n) is 1.85. The van der Waals surface area contributed by atoms with Gasteiger partial charge in [0.05, 0.1) is 6.61 Å². The molecule has 0 aliphatic carbocycles. The van der Waals surface area contributed by atoms with Gasteiger partial charge in [0.15, 0.2) is 5.11 Å². The van der Waals surface area contributed by atoms with Gasteiger partial charge in [0.1, 0.15) is 0 Å². The molecule has 16 heavy (non-hydrogen) atoms. The smallest absolute Gasteiger partial charge is 0.257 e. The molecule has 0 aliphatic rings. The van der Waals surface area contributed by atoms with E-state index >= 15 is 0 Å². The number of carbonyl (C=O) groups is 1. The minimum absolute atomic E-state index is 0.212. The lowest BCUT2D eigenvalue weighted by molar-refractivity contribution is 0.0976. The summed E-state index contributed by atoms with van der Waals surface area (Å²) < 4.78 is 4.85. The highest BCUT2D eigenvalue weighted by atomic mass is 32.1. The topological polar surface area (TPSA) is 50.4 Å². The predicted molar refractivity (Wildman–Crippen MR) is 66.4 cm³/mol. The first-order valence-electron chi connectivity index (χ1n) is 4.87. The Hall–Kier alpha value is -1.46. The second-order valence-corrected chi connectivity index (χ2v) is 3.48. The van der Waals surface area contributed by atoms with E-state index in [1.807, 2.05) is 6.07 Å². The molecule has 1 rings (SSSR count). The zero-order chi connectivity index (χ0) is 11.8. The lowest BCUT2D eigenvalue weighted by Crippen LogP contribution is -2.40. The summed E-state index contributed by atoms with van der Waals surface area (Å²) in [7, 11) is 1.60. The number of ether oxygens (including phenoxy) is 1. The van der Waals surface area contributed by atoms with E-state index in [1.165, 1.54) is 0 Å². The van der Waals surface area contributed by atoms with Gasteiger partial charge in [-0.05, 0) is 24.4 Å². The SMILES string of the molecule is COCCNC(=S)NC(=O)c1ccccc1. The lowest BCUT2D eigenvalue weighted by atomic mass is 10.2. The molecule has 0 spiro atoms. The first-order chi connectivity index (χ1) is 7.74. The van der Waals surface area contributed by atoms with Crippen molar-refractivity contribution >= 4 is 23.2 Å². The molecule has 0 aromatic heterocycles. The Balaban J connectivity index is 2.37. The van der Waals surface area contributed by atoms with Crippen molar-refractivity contribution in [3.63, 3.8) is 0 Å². The third kappa shape index (κ3) is 4.37. The molecule has 0 saturated heterocycles. The van der Waals surface area contributed by atoms with Crippen LogP contribution in [-0.4, -0.2) is 31.3 Å². The highest BCUT2D eigenvalue weighted by Crippen LogP contribution is 1.97. The van der Waals surface area contributed by atoms with Crippen LogP contribution in [0.15, 0.2) is 30.3 Å². The molecule has 86 valence electrons. The van der Waals surface area contributed by atoms with Crippen LogP contribution in [0.4, 0.5) is 0 Å². The standard InChI is InChI=1S/C11H14N2O2S/c1-15-8-7-12-11(16)13-10(14)9-5-3-2-4-6-9/h2-6H,7-8H2,1H3,(H2,12,13,14,16). The summed E-state index contributed by atoms with van der Waals surface area (Å²) in [6.45, 7) is 1.12. The molecule has 0 heterocycles. The van der Waals surface area contributed by atoms with Crippen LogP contribution in [0.5, 0.6) is 0 Å². The Bertz CT molecular complexity index is 354. The zero-order valence-corrected chi connectivity index (χ0v) is 9.84. The Labute approximate surface area is 100.0 Å². The average molecular weight is 238 g/mol. The highest BCUT2D eigenvalue weighted by Gasteiger charge is 2.05. The number of benzene rings is 1. The van der Waals surface area contributed by atoms with Crippen molar-refractivity contribution < 1.29 is 9.53 Å². The van der Waals surface area contributed by atoms with E-state index in [-0.39, 0.29) is 5.91 Å². The molecule has 1 aromatic rings. The maximum atomic E-state index is 11.6.